The molecule has 0 unspecified atom stereocenters. The summed E-state index contributed by atoms with van der Waals surface area (Å²) in [6.07, 6.45) is -0.520. The number of aromatic nitrogens is 2. The Hall–Kier alpha value is -1.00. The number of rotatable bonds is 4. The highest BCUT2D eigenvalue weighted by molar-refractivity contribution is 4.99. The fourth-order valence-corrected chi connectivity index (χ4v) is 1.19. The third-order valence-electron chi connectivity index (χ3n) is 1.86. The van der Waals surface area contributed by atoms with Crippen LogP contribution in [-0.4, -0.2) is 16.0 Å². The van der Waals surface area contributed by atoms with Crippen molar-refractivity contribution in [3.63, 3.8) is 0 Å². The van der Waals surface area contributed by atoms with E-state index < -0.39 is 12.6 Å². The lowest BCUT2D eigenvalue weighted by Gasteiger charge is -2.05. The predicted octanol–water partition coefficient (Wildman–Crippen LogP) is 2.92. The van der Waals surface area contributed by atoms with Crippen LogP contribution in [0.4, 0.5) is 13.2 Å². The van der Waals surface area contributed by atoms with Crippen molar-refractivity contribution in [1.29, 1.82) is 0 Å². The number of hydrogen-bond donors (Lipinski definition) is 0. The minimum absolute atomic E-state index is 0.169. The van der Waals surface area contributed by atoms with Gasteiger partial charge in [-0.05, 0) is 25.3 Å². The summed E-state index contributed by atoms with van der Waals surface area (Å²) in [6, 6.07) is 0. The summed E-state index contributed by atoms with van der Waals surface area (Å²) >= 11 is 0. The molecule has 1 heterocycles. The number of nitrogens with zero attached hydrogens (tertiary/aromatic N) is 2. The second-order valence-corrected chi connectivity index (χ2v) is 3.35. The largest absolute Gasteiger partial charge is 0.389 e. The van der Waals surface area contributed by atoms with Crippen molar-refractivity contribution in [1.82, 2.24) is 9.78 Å². The second kappa shape index (κ2) is 4.48. The van der Waals surface area contributed by atoms with Crippen molar-refractivity contribution in [3.8, 4) is 0 Å². The fourth-order valence-electron chi connectivity index (χ4n) is 1.19. The summed E-state index contributed by atoms with van der Waals surface area (Å²) in [5.41, 5.74) is 1.03. The number of alkyl halides is 3. The zero-order valence-electron chi connectivity index (χ0n) is 8.01. The van der Waals surface area contributed by atoms with Crippen molar-refractivity contribution >= 4 is 0 Å². The maximum absolute atomic E-state index is 11.8. The first-order valence-corrected chi connectivity index (χ1v) is 4.53. The highest BCUT2D eigenvalue weighted by Gasteiger charge is 2.25. The van der Waals surface area contributed by atoms with E-state index in [1.807, 2.05) is 13.1 Å². The average Bonchev–Trinajstić information content (AvgIpc) is 2.44. The molecule has 1 aromatic rings. The Kier molecular flexibility index (Phi) is 3.55. The van der Waals surface area contributed by atoms with Crippen LogP contribution in [0.3, 0.4) is 0 Å². The standard InChI is InChI=1S/C9H13F3N2/c1-8-6-13-14(7-8)5-3-2-4-9(10,11)12/h6-7H,2-5H2,1H3. The molecule has 0 saturated heterocycles. The SMILES string of the molecule is Cc1cnn(CCCCC(F)(F)F)c1. The van der Waals surface area contributed by atoms with E-state index >= 15 is 0 Å². The summed E-state index contributed by atoms with van der Waals surface area (Å²) in [5, 5.41) is 3.99. The molecule has 0 radical (unpaired) electrons. The zero-order valence-corrected chi connectivity index (χ0v) is 8.01. The van der Waals surface area contributed by atoms with Crippen molar-refractivity contribution < 1.29 is 13.2 Å². The minimum Gasteiger partial charge on any atom is -0.272 e. The van der Waals surface area contributed by atoms with Crippen LogP contribution in [0, 0.1) is 6.92 Å². The van der Waals surface area contributed by atoms with E-state index in [1.54, 1.807) is 10.9 Å². The molecule has 1 aromatic heterocycles. The number of unbranched alkanes of at least 4 members (excludes halogenated alkanes) is 1. The van der Waals surface area contributed by atoms with Crippen LogP contribution in [0.5, 0.6) is 0 Å². The maximum atomic E-state index is 11.8. The Labute approximate surface area is 80.7 Å². The summed E-state index contributed by atoms with van der Waals surface area (Å²) in [7, 11) is 0. The van der Waals surface area contributed by atoms with Gasteiger partial charge in [-0.1, -0.05) is 0 Å². The summed E-state index contributed by atoms with van der Waals surface area (Å²) in [4.78, 5) is 0. The number of aryl methyl sites for hydroxylation is 2. The van der Waals surface area contributed by atoms with Crippen molar-refractivity contribution in [3.05, 3.63) is 18.0 Å². The average molecular weight is 206 g/mol. The third-order valence-corrected chi connectivity index (χ3v) is 1.86. The van der Waals surface area contributed by atoms with Gasteiger partial charge in [0, 0.05) is 19.2 Å². The molecule has 0 N–H and O–H groups in total. The first kappa shape index (κ1) is 11.1. The van der Waals surface area contributed by atoms with E-state index in [1.165, 1.54) is 0 Å². The molecule has 2 nitrogen and oxygen atoms in total. The molecule has 5 heteroatoms. The lowest BCUT2D eigenvalue weighted by atomic mass is 10.2. The Balaban J connectivity index is 2.16. The fraction of sp³-hybridized carbons (Fsp3) is 0.667. The molecule has 0 aromatic carbocycles. The predicted molar refractivity (Wildman–Crippen MR) is 46.9 cm³/mol. The van der Waals surface area contributed by atoms with E-state index in [4.69, 9.17) is 0 Å². The summed E-state index contributed by atoms with van der Waals surface area (Å²) < 4.78 is 37.0. The highest BCUT2D eigenvalue weighted by Crippen LogP contribution is 2.22. The van der Waals surface area contributed by atoms with Crippen LogP contribution < -0.4 is 0 Å². The van der Waals surface area contributed by atoms with E-state index in [-0.39, 0.29) is 6.42 Å². The monoisotopic (exact) mass is 206 g/mol. The van der Waals surface area contributed by atoms with Crippen LogP contribution in [0.1, 0.15) is 24.8 Å². The Morgan fingerprint density at radius 2 is 2.07 bits per heavy atom. The minimum atomic E-state index is -4.03. The van der Waals surface area contributed by atoms with Gasteiger partial charge in [-0.2, -0.15) is 18.3 Å². The molecule has 0 aliphatic carbocycles. The molecule has 0 fully saturated rings. The van der Waals surface area contributed by atoms with Crippen molar-refractivity contribution in [2.75, 3.05) is 0 Å². The van der Waals surface area contributed by atoms with Gasteiger partial charge in [0.15, 0.2) is 0 Å². The molecule has 0 amide bonds. The summed E-state index contributed by atoms with van der Waals surface area (Å²) in [6.45, 7) is 2.46. The van der Waals surface area contributed by atoms with Crippen LogP contribution in [-0.2, 0) is 6.54 Å². The lowest BCUT2D eigenvalue weighted by Crippen LogP contribution is -2.07. The van der Waals surface area contributed by atoms with Gasteiger partial charge in [-0.25, -0.2) is 0 Å². The lowest BCUT2D eigenvalue weighted by molar-refractivity contribution is -0.135. The molecule has 80 valence electrons. The molecule has 0 atom stereocenters. The van der Waals surface area contributed by atoms with Crippen LogP contribution in [0.2, 0.25) is 0 Å². The third kappa shape index (κ3) is 4.30. The molecule has 0 saturated carbocycles. The van der Waals surface area contributed by atoms with Crippen molar-refractivity contribution in [2.45, 2.75) is 38.9 Å². The normalized spacial score (nSPS) is 12.0. The Morgan fingerprint density at radius 3 is 2.57 bits per heavy atom. The van der Waals surface area contributed by atoms with Crippen LogP contribution in [0.15, 0.2) is 12.4 Å². The van der Waals surface area contributed by atoms with Gasteiger partial charge in [0.1, 0.15) is 0 Å². The topological polar surface area (TPSA) is 17.8 Å². The van der Waals surface area contributed by atoms with Crippen LogP contribution in [0.25, 0.3) is 0 Å². The van der Waals surface area contributed by atoms with Gasteiger partial charge in [0.2, 0.25) is 0 Å². The molecule has 0 aliphatic heterocycles. The first-order valence-electron chi connectivity index (χ1n) is 4.53. The van der Waals surface area contributed by atoms with Crippen molar-refractivity contribution in [2.24, 2.45) is 0 Å². The van der Waals surface area contributed by atoms with E-state index in [2.05, 4.69) is 5.10 Å². The molecule has 14 heavy (non-hydrogen) atoms. The Bertz CT molecular complexity index is 278. The van der Waals surface area contributed by atoms with Gasteiger partial charge in [0.05, 0.1) is 6.20 Å². The quantitative estimate of drug-likeness (QED) is 0.692. The van der Waals surface area contributed by atoms with Gasteiger partial charge in [-0.3, -0.25) is 4.68 Å². The van der Waals surface area contributed by atoms with Crippen LogP contribution >= 0.6 is 0 Å². The van der Waals surface area contributed by atoms with Gasteiger partial charge < -0.3 is 0 Å². The van der Waals surface area contributed by atoms with E-state index in [9.17, 15) is 13.2 Å². The summed E-state index contributed by atoms with van der Waals surface area (Å²) in [5.74, 6) is 0. The molecule has 0 aliphatic rings. The second-order valence-electron chi connectivity index (χ2n) is 3.35. The van der Waals surface area contributed by atoms with Gasteiger partial charge >= 0.3 is 6.18 Å². The smallest absolute Gasteiger partial charge is 0.272 e. The molecule has 0 spiro atoms. The first-order chi connectivity index (χ1) is 6.47. The highest BCUT2D eigenvalue weighted by atomic mass is 19.4. The number of hydrogen-bond acceptors (Lipinski definition) is 1. The van der Waals surface area contributed by atoms with Gasteiger partial charge in [0.25, 0.3) is 0 Å². The molecular weight excluding hydrogens is 193 g/mol. The Morgan fingerprint density at radius 1 is 1.36 bits per heavy atom. The van der Waals surface area contributed by atoms with E-state index in [0.29, 0.717) is 13.0 Å². The number of halogens is 3. The van der Waals surface area contributed by atoms with Gasteiger partial charge in [-0.15, -0.1) is 0 Å². The molecule has 1 rings (SSSR count). The zero-order chi connectivity index (χ0) is 10.6. The van der Waals surface area contributed by atoms with E-state index in [0.717, 1.165) is 5.56 Å². The maximum Gasteiger partial charge on any atom is 0.389 e. The molecular formula is C9H13F3N2. The molecule has 0 bridgehead atoms.